The Kier molecular flexibility index (Phi) is 5.98. The Balaban J connectivity index is 1.61. The number of hydrogen-bond donors (Lipinski definition) is 1. The molecule has 1 atom stereocenters. The molecule has 1 N–H and O–H groups in total. The number of fused-ring (bicyclic) bond motifs is 4. The molecule has 0 radical (unpaired) electrons. The van der Waals surface area contributed by atoms with Gasteiger partial charge in [0.15, 0.2) is 0 Å². The van der Waals surface area contributed by atoms with Crippen LogP contribution in [0.4, 0.5) is 4.53 Å². The number of nitrogens with one attached hydrogen (secondary N) is 1. The van der Waals surface area contributed by atoms with E-state index < -0.39 is 5.97 Å². The summed E-state index contributed by atoms with van der Waals surface area (Å²) in [5.41, 5.74) is 4.79. The minimum atomic E-state index is -1.04. The second kappa shape index (κ2) is 9.24. The van der Waals surface area contributed by atoms with E-state index in [9.17, 15) is 9.32 Å². The van der Waals surface area contributed by atoms with Crippen molar-refractivity contribution < 1.29 is 23.7 Å². The van der Waals surface area contributed by atoms with Gasteiger partial charge in [-0.3, -0.25) is 14.7 Å². The predicted molar refractivity (Wildman–Crippen MR) is 126 cm³/mol. The van der Waals surface area contributed by atoms with Gasteiger partial charge in [-0.25, -0.2) is 9.48 Å². The van der Waals surface area contributed by atoms with Crippen molar-refractivity contribution in [3.05, 3.63) is 41.3 Å². The van der Waals surface area contributed by atoms with Crippen LogP contribution < -0.4 is 9.47 Å². The van der Waals surface area contributed by atoms with Crippen molar-refractivity contribution >= 4 is 29.0 Å². The Labute approximate surface area is 200 Å². The largest absolute Gasteiger partial charge is 0.477 e. The summed E-state index contributed by atoms with van der Waals surface area (Å²) < 4.78 is 27.6. The van der Waals surface area contributed by atoms with Crippen LogP contribution in [0.25, 0.3) is 34.2 Å². The van der Waals surface area contributed by atoms with Crippen molar-refractivity contribution in [2.24, 2.45) is 13.0 Å². The highest BCUT2D eigenvalue weighted by Gasteiger charge is 2.19. The van der Waals surface area contributed by atoms with Gasteiger partial charge in [-0.1, -0.05) is 13.0 Å². The number of aromatic amines is 1. The monoisotopic (exact) mass is 480 g/mol. The van der Waals surface area contributed by atoms with E-state index in [-0.39, 0.29) is 12.5 Å². The van der Waals surface area contributed by atoms with Crippen LogP contribution in [-0.2, 0) is 23.3 Å². The average Bonchev–Trinajstić information content (AvgIpc) is 3.51. The van der Waals surface area contributed by atoms with Gasteiger partial charge in [0.05, 0.1) is 41.7 Å². The van der Waals surface area contributed by atoms with Crippen LogP contribution in [0.1, 0.15) is 30.3 Å². The first kappa shape index (κ1) is 22.6. The molecule has 3 aromatic heterocycles. The Morgan fingerprint density at radius 3 is 3.00 bits per heavy atom. The molecule has 35 heavy (non-hydrogen) atoms. The summed E-state index contributed by atoms with van der Waals surface area (Å²) in [6.45, 7) is 4.35. The highest BCUT2D eigenvalue weighted by molar-refractivity contribution is 5.93. The number of hydrogen-bond acceptors (Lipinski definition) is 7. The van der Waals surface area contributed by atoms with Crippen LogP contribution >= 0.6 is 0 Å². The van der Waals surface area contributed by atoms with Crippen molar-refractivity contribution in [3.8, 4) is 22.9 Å². The minimum absolute atomic E-state index is 0.160. The lowest BCUT2D eigenvalue weighted by Gasteiger charge is -2.14. The van der Waals surface area contributed by atoms with Gasteiger partial charge in [0.2, 0.25) is 11.8 Å². The Bertz CT molecular complexity index is 1420. The smallest absolute Gasteiger partial charge is 0.370 e. The third-order valence-electron chi connectivity index (χ3n) is 6.13. The van der Waals surface area contributed by atoms with Crippen LogP contribution in [0, 0.1) is 12.8 Å². The van der Waals surface area contributed by atoms with Crippen LogP contribution in [0.2, 0.25) is 0 Å². The molecule has 1 aliphatic heterocycles. The van der Waals surface area contributed by atoms with E-state index in [0.717, 1.165) is 34.1 Å². The molecule has 0 aliphatic carbocycles. The first-order chi connectivity index (χ1) is 16.9. The molecule has 0 spiro atoms. The lowest BCUT2D eigenvalue weighted by atomic mass is 10.0. The summed E-state index contributed by atoms with van der Waals surface area (Å²) in [6, 6.07) is 5.99. The quantitative estimate of drug-likeness (QED) is 0.464. The standard InChI is InChI=1S/C24H25FN6O4/c1-14-8-9-33-24-19(11-26-30(24)3)16-4-6-20-18(10-16)21(28-27-20)7-5-17-15(2)31(12-22(32)35-25)29-23(17)34-13-14/h4-7,10-11,14H,8-9,12-13H2,1-3H3,(H,27,28)/b7-5+. The number of benzene rings is 1. The van der Waals surface area contributed by atoms with Crippen molar-refractivity contribution in [1.82, 2.24) is 29.8 Å². The molecule has 0 fully saturated rings. The van der Waals surface area contributed by atoms with Crippen LogP contribution in [0.15, 0.2) is 24.4 Å². The summed E-state index contributed by atoms with van der Waals surface area (Å²) >= 11 is 0. The maximum atomic E-state index is 12.3. The van der Waals surface area contributed by atoms with Gasteiger partial charge in [0.1, 0.15) is 6.54 Å². The zero-order valence-corrected chi connectivity index (χ0v) is 19.6. The third-order valence-corrected chi connectivity index (χ3v) is 6.13. The number of H-pyrrole nitrogens is 1. The van der Waals surface area contributed by atoms with Gasteiger partial charge < -0.3 is 9.47 Å². The van der Waals surface area contributed by atoms with Crippen LogP contribution in [0.3, 0.4) is 0 Å². The molecule has 4 aromatic rings. The molecular weight excluding hydrogens is 455 g/mol. The Hall–Kier alpha value is -4.15. The van der Waals surface area contributed by atoms with Gasteiger partial charge in [-0.05, 0) is 49.1 Å². The zero-order valence-electron chi connectivity index (χ0n) is 19.6. The first-order valence-electron chi connectivity index (χ1n) is 11.3. The number of carbonyl (C=O) groups is 1. The van der Waals surface area contributed by atoms with Crippen LogP contribution in [-0.4, -0.2) is 48.9 Å². The molecule has 1 aromatic carbocycles. The van der Waals surface area contributed by atoms with E-state index in [2.05, 4.69) is 32.3 Å². The van der Waals surface area contributed by atoms with Gasteiger partial charge in [-0.2, -0.15) is 10.2 Å². The number of aryl methyl sites for hydroxylation is 1. The van der Waals surface area contributed by atoms with Gasteiger partial charge >= 0.3 is 5.97 Å². The molecule has 0 saturated heterocycles. The van der Waals surface area contributed by atoms with E-state index in [1.54, 1.807) is 17.8 Å². The third kappa shape index (κ3) is 4.36. The lowest BCUT2D eigenvalue weighted by molar-refractivity contribution is -0.184. The van der Waals surface area contributed by atoms with Gasteiger partial charge in [0, 0.05) is 22.7 Å². The highest BCUT2D eigenvalue weighted by atomic mass is 19.3. The number of nitrogens with zero attached hydrogens (tertiary/aromatic N) is 5. The highest BCUT2D eigenvalue weighted by Crippen LogP contribution is 2.33. The molecule has 182 valence electrons. The lowest BCUT2D eigenvalue weighted by Crippen LogP contribution is -2.15. The fourth-order valence-corrected chi connectivity index (χ4v) is 4.08. The van der Waals surface area contributed by atoms with Gasteiger partial charge in [-0.15, -0.1) is 5.10 Å². The summed E-state index contributed by atoms with van der Waals surface area (Å²) in [5, 5.41) is 17.2. The fourth-order valence-electron chi connectivity index (χ4n) is 4.08. The molecule has 2 bridgehead atoms. The summed E-state index contributed by atoms with van der Waals surface area (Å²) in [7, 11) is 1.85. The molecule has 11 heteroatoms. The van der Waals surface area contributed by atoms with Crippen molar-refractivity contribution in [2.45, 2.75) is 26.8 Å². The minimum Gasteiger partial charge on any atom is -0.477 e. The molecule has 4 heterocycles. The number of aromatic nitrogens is 6. The number of carbonyl (C=O) groups excluding carboxylic acids is 1. The van der Waals surface area contributed by atoms with Crippen molar-refractivity contribution in [2.75, 3.05) is 13.2 Å². The number of ether oxygens (including phenoxy) is 2. The van der Waals surface area contributed by atoms with E-state index in [4.69, 9.17) is 9.47 Å². The Morgan fingerprint density at radius 2 is 2.17 bits per heavy atom. The van der Waals surface area contributed by atoms with E-state index in [1.165, 1.54) is 4.68 Å². The molecule has 0 amide bonds. The predicted octanol–water partition coefficient (Wildman–Crippen LogP) is 3.86. The second-order valence-corrected chi connectivity index (χ2v) is 8.65. The SMILES string of the molecule is Cc1c2c(nn1CC(=O)OF)OCC(C)CCOc1c(cnn1C)-c1ccc3n[nH]c(c3c1)/C=C/2. The summed E-state index contributed by atoms with van der Waals surface area (Å²) in [6.07, 6.45) is 6.27. The number of rotatable bonds is 2. The normalized spacial score (nSPS) is 16.9. The maximum absolute atomic E-state index is 12.3. The summed E-state index contributed by atoms with van der Waals surface area (Å²) in [4.78, 5) is 14.8. The average molecular weight is 481 g/mol. The van der Waals surface area contributed by atoms with Crippen molar-refractivity contribution in [3.63, 3.8) is 0 Å². The molecule has 0 saturated carbocycles. The van der Waals surface area contributed by atoms with E-state index in [1.807, 2.05) is 37.4 Å². The number of halogens is 1. The Morgan fingerprint density at radius 1 is 1.31 bits per heavy atom. The van der Waals surface area contributed by atoms with E-state index >= 15 is 0 Å². The zero-order chi connectivity index (χ0) is 24.5. The second-order valence-electron chi connectivity index (χ2n) is 8.65. The summed E-state index contributed by atoms with van der Waals surface area (Å²) in [5.74, 6) is 0.168. The maximum Gasteiger partial charge on any atom is 0.370 e. The van der Waals surface area contributed by atoms with Gasteiger partial charge in [0.25, 0.3) is 0 Å². The fraction of sp³-hybridized carbons (Fsp3) is 0.333. The molecular formula is C24H25FN6O4. The molecule has 1 unspecified atom stereocenters. The molecule has 1 aliphatic rings. The molecule has 10 nitrogen and oxygen atoms in total. The van der Waals surface area contributed by atoms with Crippen LogP contribution in [0.5, 0.6) is 11.8 Å². The van der Waals surface area contributed by atoms with E-state index in [0.29, 0.717) is 36.2 Å². The first-order valence-corrected chi connectivity index (χ1v) is 11.3. The topological polar surface area (TPSA) is 109 Å². The van der Waals surface area contributed by atoms with Crippen molar-refractivity contribution in [1.29, 1.82) is 0 Å². The molecule has 5 rings (SSSR count).